The molecule has 0 bridgehead atoms. The van der Waals surface area contributed by atoms with Crippen molar-refractivity contribution in [3.8, 4) is 0 Å². The van der Waals surface area contributed by atoms with E-state index in [-0.39, 0.29) is 11.6 Å². The Balaban J connectivity index is 2.14. The molecule has 0 spiro atoms. The second-order valence-electron chi connectivity index (χ2n) is 5.48. The number of rotatable bonds is 4. The van der Waals surface area contributed by atoms with Crippen molar-refractivity contribution >= 4 is 10.0 Å². The van der Waals surface area contributed by atoms with E-state index >= 15 is 0 Å². The summed E-state index contributed by atoms with van der Waals surface area (Å²) in [5.41, 5.74) is 1.22. The van der Waals surface area contributed by atoms with Gasteiger partial charge in [-0.05, 0) is 24.6 Å². The Bertz CT molecular complexity index is 770. The van der Waals surface area contributed by atoms with Crippen LogP contribution < -0.4 is 0 Å². The summed E-state index contributed by atoms with van der Waals surface area (Å²) in [6.07, 6.45) is 2.46. The molecule has 2 aromatic rings. The van der Waals surface area contributed by atoms with Crippen LogP contribution in [0.5, 0.6) is 0 Å². The highest BCUT2D eigenvalue weighted by molar-refractivity contribution is 7.89. The lowest BCUT2D eigenvalue weighted by Crippen LogP contribution is -2.43. The molecule has 4 nitrogen and oxygen atoms in total. The Morgan fingerprint density at radius 2 is 1.95 bits per heavy atom. The van der Waals surface area contributed by atoms with Gasteiger partial charge < -0.3 is 4.57 Å². The van der Waals surface area contributed by atoms with Gasteiger partial charge in [0.25, 0.3) is 0 Å². The van der Waals surface area contributed by atoms with E-state index < -0.39 is 16.1 Å². The topological polar surface area (TPSA) is 42.3 Å². The highest BCUT2D eigenvalue weighted by atomic mass is 32.2. The standard InChI is InChI=1S/C16H19FN2O2S/c1-2-12-22(20,21)19-11-10-18-9-5-8-15(18)16(19)13-6-3-4-7-14(13)17/h3-9,16H,2,10-12H2,1H3. The number of benzene rings is 1. The van der Waals surface area contributed by atoms with Gasteiger partial charge in [0, 0.05) is 30.5 Å². The molecule has 0 saturated carbocycles. The lowest BCUT2D eigenvalue weighted by molar-refractivity contribution is 0.293. The third kappa shape index (κ3) is 2.57. The molecule has 3 rings (SSSR count). The molecule has 0 fully saturated rings. The number of hydrogen-bond donors (Lipinski definition) is 0. The van der Waals surface area contributed by atoms with E-state index in [1.807, 2.05) is 29.8 Å². The summed E-state index contributed by atoms with van der Waals surface area (Å²) < 4.78 is 42.9. The van der Waals surface area contributed by atoms with Crippen molar-refractivity contribution in [1.82, 2.24) is 8.87 Å². The number of hydrogen-bond acceptors (Lipinski definition) is 2. The molecule has 0 radical (unpaired) electrons. The SMILES string of the molecule is CCCS(=O)(=O)N1CCn2cccc2C1c1ccccc1F. The van der Waals surface area contributed by atoms with Gasteiger partial charge in [-0.1, -0.05) is 25.1 Å². The quantitative estimate of drug-likeness (QED) is 0.868. The molecule has 0 N–H and O–H groups in total. The molecule has 0 saturated heterocycles. The fourth-order valence-corrected chi connectivity index (χ4v) is 4.70. The summed E-state index contributed by atoms with van der Waals surface area (Å²) in [6.45, 7) is 2.79. The van der Waals surface area contributed by atoms with Gasteiger partial charge in [-0.3, -0.25) is 0 Å². The first-order chi connectivity index (χ1) is 10.5. The molecule has 1 aliphatic heterocycles. The smallest absolute Gasteiger partial charge is 0.215 e. The van der Waals surface area contributed by atoms with Crippen LogP contribution in [0.25, 0.3) is 0 Å². The summed E-state index contributed by atoms with van der Waals surface area (Å²) in [6, 6.07) is 9.54. The first-order valence-electron chi connectivity index (χ1n) is 7.43. The molecule has 0 amide bonds. The fraction of sp³-hybridized carbons (Fsp3) is 0.375. The van der Waals surface area contributed by atoms with E-state index in [9.17, 15) is 12.8 Å². The zero-order valence-corrected chi connectivity index (χ0v) is 13.3. The Morgan fingerprint density at radius 1 is 1.18 bits per heavy atom. The van der Waals surface area contributed by atoms with Crippen LogP contribution in [0.1, 0.15) is 30.6 Å². The molecule has 1 aromatic heterocycles. The summed E-state index contributed by atoms with van der Waals surface area (Å²) in [4.78, 5) is 0. The van der Waals surface area contributed by atoms with Crippen molar-refractivity contribution < 1.29 is 12.8 Å². The van der Waals surface area contributed by atoms with Gasteiger partial charge in [-0.2, -0.15) is 4.31 Å². The van der Waals surface area contributed by atoms with Crippen molar-refractivity contribution in [3.05, 3.63) is 59.7 Å². The number of aromatic nitrogens is 1. The molecular formula is C16H19FN2O2S. The molecule has 1 aliphatic rings. The van der Waals surface area contributed by atoms with Gasteiger partial charge in [0.2, 0.25) is 10.0 Å². The van der Waals surface area contributed by atoms with E-state index in [0.29, 0.717) is 25.1 Å². The third-order valence-electron chi connectivity index (χ3n) is 4.01. The molecule has 1 unspecified atom stereocenters. The predicted molar refractivity (Wildman–Crippen MR) is 83.5 cm³/mol. The maximum atomic E-state index is 14.3. The zero-order chi connectivity index (χ0) is 15.7. The van der Waals surface area contributed by atoms with Gasteiger partial charge in [0.1, 0.15) is 5.82 Å². The monoisotopic (exact) mass is 322 g/mol. The van der Waals surface area contributed by atoms with Crippen LogP contribution in [0.3, 0.4) is 0 Å². The van der Waals surface area contributed by atoms with E-state index in [1.165, 1.54) is 10.4 Å². The first-order valence-corrected chi connectivity index (χ1v) is 9.04. The number of halogens is 1. The van der Waals surface area contributed by atoms with E-state index in [0.717, 1.165) is 5.69 Å². The van der Waals surface area contributed by atoms with Crippen LogP contribution in [-0.2, 0) is 16.6 Å². The van der Waals surface area contributed by atoms with E-state index in [1.54, 1.807) is 18.2 Å². The summed E-state index contributed by atoms with van der Waals surface area (Å²) in [5, 5.41) is 0. The molecule has 1 aromatic carbocycles. The largest absolute Gasteiger partial charge is 0.348 e. The van der Waals surface area contributed by atoms with Crippen LogP contribution in [0.4, 0.5) is 4.39 Å². The maximum absolute atomic E-state index is 14.3. The average Bonchev–Trinajstić information content (AvgIpc) is 2.95. The minimum absolute atomic E-state index is 0.0820. The minimum Gasteiger partial charge on any atom is -0.348 e. The molecule has 1 atom stereocenters. The molecule has 0 aliphatic carbocycles. The number of fused-ring (bicyclic) bond motifs is 1. The third-order valence-corrected chi connectivity index (χ3v) is 6.05. The predicted octanol–water partition coefficient (Wildman–Crippen LogP) is 2.77. The van der Waals surface area contributed by atoms with Gasteiger partial charge in [0.05, 0.1) is 11.8 Å². The Hall–Kier alpha value is -1.66. The molecule has 6 heteroatoms. The van der Waals surface area contributed by atoms with Crippen LogP contribution in [0.15, 0.2) is 42.6 Å². The van der Waals surface area contributed by atoms with Crippen LogP contribution >= 0.6 is 0 Å². The molecule has 2 heterocycles. The Morgan fingerprint density at radius 3 is 2.68 bits per heavy atom. The van der Waals surface area contributed by atoms with Crippen molar-refractivity contribution in [1.29, 1.82) is 0 Å². The van der Waals surface area contributed by atoms with Crippen molar-refractivity contribution in [3.63, 3.8) is 0 Å². The fourth-order valence-electron chi connectivity index (χ4n) is 3.05. The molecular weight excluding hydrogens is 303 g/mol. The van der Waals surface area contributed by atoms with Gasteiger partial charge >= 0.3 is 0 Å². The second kappa shape index (κ2) is 5.85. The summed E-state index contributed by atoms with van der Waals surface area (Å²) >= 11 is 0. The highest BCUT2D eigenvalue weighted by Gasteiger charge is 2.37. The van der Waals surface area contributed by atoms with Crippen LogP contribution in [-0.4, -0.2) is 29.6 Å². The molecule has 118 valence electrons. The highest BCUT2D eigenvalue weighted by Crippen LogP contribution is 2.35. The first kappa shape index (κ1) is 15.2. The molecule has 22 heavy (non-hydrogen) atoms. The van der Waals surface area contributed by atoms with E-state index in [4.69, 9.17) is 0 Å². The van der Waals surface area contributed by atoms with Crippen LogP contribution in [0, 0.1) is 5.82 Å². The van der Waals surface area contributed by atoms with Crippen molar-refractivity contribution in [2.24, 2.45) is 0 Å². The number of nitrogens with zero attached hydrogens (tertiary/aromatic N) is 2. The maximum Gasteiger partial charge on any atom is 0.215 e. The second-order valence-corrected chi connectivity index (χ2v) is 7.52. The lowest BCUT2D eigenvalue weighted by Gasteiger charge is -2.36. The Labute approximate surface area is 130 Å². The van der Waals surface area contributed by atoms with Gasteiger partial charge in [-0.15, -0.1) is 0 Å². The van der Waals surface area contributed by atoms with Gasteiger partial charge in [0.15, 0.2) is 0 Å². The zero-order valence-electron chi connectivity index (χ0n) is 12.4. The normalized spacial score (nSPS) is 19.1. The minimum atomic E-state index is -3.41. The number of sulfonamides is 1. The summed E-state index contributed by atoms with van der Waals surface area (Å²) in [7, 11) is -3.41. The van der Waals surface area contributed by atoms with Crippen molar-refractivity contribution in [2.45, 2.75) is 25.9 Å². The lowest BCUT2D eigenvalue weighted by atomic mass is 10.0. The van der Waals surface area contributed by atoms with Crippen LogP contribution in [0.2, 0.25) is 0 Å². The van der Waals surface area contributed by atoms with Gasteiger partial charge in [-0.25, -0.2) is 12.8 Å². The van der Waals surface area contributed by atoms with E-state index in [2.05, 4.69) is 0 Å². The Kier molecular flexibility index (Phi) is 4.06. The summed E-state index contributed by atoms with van der Waals surface area (Å²) in [5.74, 6) is -0.294. The average molecular weight is 322 g/mol. The van der Waals surface area contributed by atoms with Crippen molar-refractivity contribution in [2.75, 3.05) is 12.3 Å².